The average molecular weight is 355 g/mol. The number of rotatable bonds is 5. The molecule has 0 radical (unpaired) electrons. The predicted octanol–water partition coefficient (Wildman–Crippen LogP) is 3.33. The maximum absolute atomic E-state index is 10.8. The molecular weight excluding hydrogens is 344 g/mol. The van der Waals surface area contributed by atoms with Crippen LogP contribution in [0, 0.1) is 10.1 Å². The first kappa shape index (κ1) is 14.8. The molecule has 8 heteroatoms. The monoisotopic (exact) mass is 354 g/mol. The molecule has 0 aliphatic heterocycles. The number of nitrogens with two attached hydrogens (primary N) is 1. The molecule has 104 valence electrons. The van der Waals surface area contributed by atoms with Crippen LogP contribution in [-0.4, -0.2) is 9.91 Å². The molecule has 0 unspecified atom stereocenters. The van der Waals surface area contributed by atoms with Crippen LogP contribution in [0.3, 0.4) is 0 Å². The van der Waals surface area contributed by atoms with E-state index in [0.717, 1.165) is 15.1 Å². The van der Waals surface area contributed by atoms with Crippen molar-refractivity contribution in [2.45, 2.75) is 10.8 Å². The fraction of sp³-hybridized carbons (Fsp3) is 0.0833. The van der Waals surface area contributed by atoms with Crippen LogP contribution >= 0.6 is 27.7 Å². The molecule has 1 aromatic heterocycles. The van der Waals surface area contributed by atoms with Crippen molar-refractivity contribution in [2.75, 3.05) is 5.43 Å². The Morgan fingerprint density at radius 2 is 2.25 bits per heavy atom. The Balaban J connectivity index is 2.22. The van der Waals surface area contributed by atoms with Crippen molar-refractivity contribution < 1.29 is 4.92 Å². The van der Waals surface area contributed by atoms with E-state index >= 15 is 0 Å². The van der Waals surface area contributed by atoms with Gasteiger partial charge >= 0.3 is 0 Å². The number of hydrazine groups is 1. The maximum Gasteiger partial charge on any atom is 0.269 e. The van der Waals surface area contributed by atoms with Crippen molar-refractivity contribution in [3.05, 3.63) is 56.7 Å². The molecule has 0 saturated carbocycles. The molecule has 2 rings (SSSR count). The molecule has 1 aromatic carbocycles. The molecule has 0 aliphatic carbocycles. The Morgan fingerprint density at radius 1 is 1.45 bits per heavy atom. The Labute approximate surface area is 128 Å². The Morgan fingerprint density at radius 3 is 2.90 bits per heavy atom. The zero-order chi connectivity index (χ0) is 14.5. The standard InChI is InChI=1S/C12H11BrN4O2S/c13-10-2-1-5-15-12(10)20-7-8-6-9(17(18)19)3-4-11(8)16-14/h1-6,16H,7,14H2. The van der Waals surface area contributed by atoms with Gasteiger partial charge in [0.2, 0.25) is 0 Å². The van der Waals surface area contributed by atoms with Gasteiger partial charge in [0, 0.05) is 28.6 Å². The van der Waals surface area contributed by atoms with E-state index in [1.165, 1.54) is 23.9 Å². The third-order valence-electron chi connectivity index (χ3n) is 2.54. The summed E-state index contributed by atoms with van der Waals surface area (Å²) in [5, 5.41) is 11.6. The van der Waals surface area contributed by atoms with Crippen LogP contribution in [0.4, 0.5) is 11.4 Å². The fourth-order valence-corrected chi connectivity index (χ4v) is 3.05. The maximum atomic E-state index is 10.8. The molecular formula is C12H11BrN4O2S. The molecule has 0 aliphatic rings. The first-order valence-corrected chi connectivity index (χ1v) is 7.37. The molecule has 0 spiro atoms. The first-order chi connectivity index (χ1) is 9.61. The number of nitro groups is 1. The second-order valence-electron chi connectivity index (χ2n) is 3.82. The molecule has 0 fully saturated rings. The van der Waals surface area contributed by atoms with Gasteiger partial charge in [-0.2, -0.15) is 0 Å². The molecule has 0 bridgehead atoms. The van der Waals surface area contributed by atoms with Gasteiger partial charge < -0.3 is 5.43 Å². The number of anilines is 1. The van der Waals surface area contributed by atoms with E-state index in [9.17, 15) is 10.1 Å². The first-order valence-electron chi connectivity index (χ1n) is 5.59. The van der Waals surface area contributed by atoms with Crippen molar-refractivity contribution in [3.8, 4) is 0 Å². The highest BCUT2D eigenvalue weighted by atomic mass is 79.9. The smallest absolute Gasteiger partial charge is 0.269 e. The highest BCUT2D eigenvalue weighted by Gasteiger charge is 2.11. The van der Waals surface area contributed by atoms with E-state index in [1.54, 1.807) is 12.3 Å². The lowest BCUT2D eigenvalue weighted by Crippen LogP contribution is -2.09. The van der Waals surface area contributed by atoms with Crippen LogP contribution < -0.4 is 11.3 Å². The van der Waals surface area contributed by atoms with Gasteiger partial charge in [-0.25, -0.2) is 4.98 Å². The van der Waals surface area contributed by atoms with Crippen molar-refractivity contribution in [1.82, 2.24) is 4.98 Å². The number of hydrogen-bond donors (Lipinski definition) is 2. The zero-order valence-corrected chi connectivity index (χ0v) is 12.6. The van der Waals surface area contributed by atoms with Gasteiger partial charge in [-0.1, -0.05) is 0 Å². The van der Waals surface area contributed by atoms with Crippen molar-refractivity contribution in [3.63, 3.8) is 0 Å². The number of nitrogens with one attached hydrogen (secondary N) is 1. The lowest BCUT2D eigenvalue weighted by molar-refractivity contribution is -0.384. The van der Waals surface area contributed by atoms with E-state index in [0.29, 0.717) is 11.4 Å². The van der Waals surface area contributed by atoms with Gasteiger partial charge in [0.1, 0.15) is 5.03 Å². The van der Waals surface area contributed by atoms with Crippen LogP contribution in [0.25, 0.3) is 0 Å². The van der Waals surface area contributed by atoms with Gasteiger partial charge in [-0.3, -0.25) is 16.0 Å². The minimum absolute atomic E-state index is 0.0414. The van der Waals surface area contributed by atoms with Crippen LogP contribution in [0.5, 0.6) is 0 Å². The van der Waals surface area contributed by atoms with Crippen molar-refractivity contribution in [2.24, 2.45) is 5.84 Å². The van der Waals surface area contributed by atoms with E-state index in [-0.39, 0.29) is 5.69 Å². The van der Waals surface area contributed by atoms with E-state index in [2.05, 4.69) is 26.3 Å². The number of nitrogens with zero attached hydrogens (tertiary/aromatic N) is 2. The van der Waals surface area contributed by atoms with Crippen LogP contribution in [0.1, 0.15) is 5.56 Å². The normalized spacial score (nSPS) is 10.3. The van der Waals surface area contributed by atoms with Gasteiger partial charge in [0.05, 0.1) is 10.6 Å². The SMILES string of the molecule is NNc1ccc([N+](=O)[O-])cc1CSc1ncccc1Br. The molecule has 6 nitrogen and oxygen atoms in total. The number of non-ortho nitro benzene ring substituents is 1. The number of nitrogen functional groups attached to an aromatic ring is 1. The van der Waals surface area contributed by atoms with Crippen molar-refractivity contribution in [1.29, 1.82) is 0 Å². The van der Waals surface area contributed by atoms with Crippen LogP contribution in [-0.2, 0) is 5.75 Å². The molecule has 1 heterocycles. The van der Waals surface area contributed by atoms with E-state index in [4.69, 9.17) is 5.84 Å². The fourth-order valence-electron chi connectivity index (χ4n) is 1.58. The summed E-state index contributed by atoms with van der Waals surface area (Å²) in [6.07, 6.45) is 1.70. The predicted molar refractivity (Wildman–Crippen MR) is 82.4 cm³/mol. The number of pyridine rings is 1. The third-order valence-corrected chi connectivity index (χ3v) is 4.50. The summed E-state index contributed by atoms with van der Waals surface area (Å²) in [7, 11) is 0. The largest absolute Gasteiger partial charge is 0.324 e. The minimum atomic E-state index is -0.425. The Kier molecular flexibility index (Phi) is 4.94. The second kappa shape index (κ2) is 6.69. The highest BCUT2D eigenvalue weighted by molar-refractivity contribution is 9.10. The molecule has 0 atom stereocenters. The van der Waals surface area contributed by atoms with Gasteiger partial charge in [0.25, 0.3) is 5.69 Å². The third kappa shape index (κ3) is 3.47. The minimum Gasteiger partial charge on any atom is -0.324 e. The van der Waals surface area contributed by atoms with E-state index < -0.39 is 4.92 Å². The van der Waals surface area contributed by atoms with E-state index in [1.807, 2.05) is 12.1 Å². The number of benzene rings is 1. The zero-order valence-electron chi connectivity index (χ0n) is 10.2. The van der Waals surface area contributed by atoms with Crippen molar-refractivity contribution >= 4 is 39.1 Å². The van der Waals surface area contributed by atoms with Gasteiger partial charge in [-0.15, -0.1) is 11.8 Å². The summed E-state index contributed by atoms with van der Waals surface area (Å²) in [5.41, 5.74) is 4.00. The summed E-state index contributed by atoms with van der Waals surface area (Å²) >= 11 is 4.89. The summed E-state index contributed by atoms with van der Waals surface area (Å²) < 4.78 is 0.887. The number of halogens is 1. The summed E-state index contributed by atoms with van der Waals surface area (Å²) in [6, 6.07) is 8.25. The molecule has 0 amide bonds. The van der Waals surface area contributed by atoms with Gasteiger partial charge in [-0.05, 0) is 39.7 Å². The summed E-state index contributed by atoms with van der Waals surface area (Å²) in [5.74, 6) is 5.95. The summed E-state index contributed by atoms with van der Waals surface area (Å²) in [4.78, 5) is 14.6. The quantitative estimate of drug-likeness (QED) is 0.370. The van der Waals surface area contributed by atoms with Crippen LogP contribution in [0.15, 0.2) is 46.0 Å². The number of hydrogen-bond acceptors (Lipinski definition) is 6. The molecule has 3 N–H and O–H groups in total. The molecule has 0 saturated heterocycles. The Hall–Kier alpha value is -1.64. The molecule has 2 aromatic rings. The van der Waals surface area contributed by atoms with Gasteiger partial charge in [0.15, 0.2) is 0 Å². The summed E-state index contributed by atoms with van der Waals surface area (Å²) in [6.45, 7) is 0. The number of nitro benzene ring substituents is 1. The number of aromatic nitrogens is 1. The molecule has 20 heavy (non-hydrogen) atoms. The average Bonchev–Trinajstić information content (AvgIpc) is 2.46. The lowest BCUT2D eigenvalue weighted by Gasteiger charge is -2.08. The topological polar surface area (TPSA) is 94.1 Å². The second-order valence-corrected chi connectivity index (χ2v) is 5.64. The van der Waals surface area contributed by atoms with Crippen LogP contribution in [0.2, 0.25) is 0 Å². The lowest BCUT2D eigenvalue weighted by atomic mass is 10.2. The Bertz CT molecular complexity index is 639. The highest BCUT2D eigenvalue weighted by Crippen LogP contribution is 2.31. The number of thioether (sulfide) groups is 1.